The van der Waals surface area contributed by atoms with Crippen LogP contribution in [-0.4, -0.2) is 12.1 Å². The van der Waals surface area contributed by atoms with Crippen LogP contribution in [-0.2, 0) is 6.54 Å². The first-order valence-electron chi connectivity index (χ1n) is 5.71. The third-order valence-corrected chi connectivity index (χ3v) is 2.67. The lowest BCUT2D eigenvalue weighted by Crippen LogP contribution is -2.00. The number of aromatic nitrogens is 1. The van der Waals surface area contributed by atoms with Crippen molar-refractivity contribution >= 4 is 0 Å². The highest BCUT2D eigenvalue weighted by Gasteiger charge is 2.07. The van der Waals surface area contributed by atoms with Gasteiger partial charge in [0.25, 0.3) is 0 Å². The van der Waals surface area contributed by atoms with Crippen LogP contribution in [0.1, 0.15) is 11.3 Å². The van der Waals surface area contributed by atoms with Crippen molar-refractivity contribution in [2.45, 2.75) is 13.5 Å². The molecular formula is C14H16N2O2. The van der Waals surface area contributed by atoms with Crippen molar-refractivity contribution in [2.24, 2.45) is 5.73 Å². The molecule has 0 fully saturated rings. The van der Waals surface area contributed by atoms with Crippen LogP contribution >= 0.6 is 0 Å². The third-order valence-electron chi connectivity index (χ3n) is 2.67. The lowest BCUT2D eigenvalue weighted by atomic mass is 10.2. The summed E-state index contributed by atoms with van der Waals surface area (Å²) in [5.74, 6) is 2.16. The summed E-state index contributed by atoms with van der Waals surface area (Å²) < 4.78 is 11.0. The van der Waals surface area contributed by atoms with E-state index in [2.05, 4.69) is 4.98 Å². The first kappa shape index (κ1) is 12.4. The predicted octanol–water partition coefficient (Wildman–Crippen LogP) is 2.65. The van der Waals surface area contributed by atoms with Crippen molar-refractivity contribution in [3.63, 3.8) is 0 Å². The molecule has 0 aliphatic rings. The third kappa shape index (κ3) is 2.60. The van der Waals surface area contributed by atoms with Gasteiger partial charge in [-0.05, 0) is 25.1 Å². The van der Waals surface area contributed by atoms with E-state index in [1.54, 1.807) is 13.3 Å². The first-order valence-corrected chi connectivity index (χ1v) is 5.71. The molecule has 2 aromatic rings. The van der Waals surface area contributed by atoms with Crippen molar-refractivity contribution in [2.75, 3.05) is 7.11 Å². The van der Waals surface area contributed by atoms with Crippen LogP contribution in [0.25, 0.3) is 0 Å². The summed E-state index contributed by atoms with van der Waals surface area (Å²) in [5.41, 5.74) is 7.46. The molecule has 0 bridgehead atoms. The van der Waals surface area contributed by atoms with E-state index in [9.17, 15) is 0 Å². The van der Waals surface area contributed by atoms with Gasteiger partial charge < -0.3 is 15.2 Å². The SMILES string of the molecule is COc1ccc(CN)c(Oc2cccnc2C)c1. The molecule has 0 unspecified atom stereocenters. The molecule has 0 amide bonds. The summed E-state index contributed by atoms with van der Waals surface area (Å²) in [4.78, 5) is 4.19. The Labute approximate surface area is 106 Å². The minimum atomic E-state index is 0.415. The zero-order valence-electron chi connectivity index (χ0n) is 10.5. The molecule has 0 aliphatic carbocycles. The Kier molecular flexibility index (Phi) is 3.79. The smallest absolute Gasteiger partial charge is 0.148 e. The lowest BCUT2D eigenvalue weighted by Gasteiger charge is -2.12. The molecule has 0 radical (unpaired) electrons. The van der Waals surface area contributed by atoms with Crippen molar-refractivity contribution in [1.82, 2.24) is 4.98 Å². The van der Waals surface area contributed by atoms with E-state index in [0.29, 0.717) is 12.3 Å². The van der Waals surface area contributed by atoms with Crippen molar-refractivity contribution in [3.05, 3.63) is 47.8 Å². The molecule has 4 nitrogen and oxygen atoms in total. The Morgan fingerprint density at radius 1 is 1.22 bits per heavy atom. The normalized spacial score (nSPS) is 10.2. The van der Waals surface area contributed by atoms with E-state index in [0.717, 1.165) is 22.8 Å². The van der Waals surface area contributed by atoms with Gasteiger partial charge in [0.2, 0.25) is 0 Å². The zero-order valence-corrected chi connectivity index (χ0v) is 10.5. The maximum Gasteiger partial charge on any atom is 0.148 e. The van der Waals surface area contributed by atoms with Gasteiger partial charge in [0.1, 0.15) is 17.2 Å². The first-order chi connectivity index (χ1) is 8.74. The van der Waals surface area contributed by atoms with Crippen LogP contribution in [0.15, 0.2) is 36.5 Å². The average Bonchev–Trinajstić information content (AvgIpc) is 2.41. The molecular weight excluding hydrogens is 228 g/mol. The predicted molar refractivity (Wildman–Crippen MR) is 69.9 cm³/mol. The van der Waals surface area contributed by atoms with E-state index in [1.807, 2.05) is 37.3 Å². The van der Waals surface area contributed by atoms with Crippen LogP contribution in [0.4, 0.5) is 0 Å². The van der Waals surface area contributed by atoms with Crippen LogP contribution in [0, 0.1) is 6.92 Å². The molecule has 0 aliphatic heterocycles. The number of hydrogen-bond acceptors (Lipinski definition) is 4. The highest BCUT2D eigenvalue weighted by atomic mass is 16.5. The fourth-order valence-corrected chi connectivity index (χ4v) is 1.62. The second-order valence-corrected chi connectivity index (χ2v) is 3.87. The number of nitrogens with zero attached hydrogens (tertiary/aromatic N) is 1. The van der Waals surface area contributed by atoms with Crippen molar-refractivity contribution < 1.29 is 9.47 Å². The minimum absolute atomic E-state index is 0.415. The number of aryl methyl sites for hydroxylation is 1. The average molecular weight is 244 g/mol. The number of pyridine rings is 1. The van der Waals surface area contributed by atoms with Crippen LogP contribution in [0.2, 0.25) is 0 Å². The van der Waals surface area contributed by atoms with Gasteiger partial charge in [-0.15, -0.1) is 0 Å². The molecule has 2 N–H and O–H groups in total. The van der Waals surface area contributed by atoms with E-state index < -0.39 is 0 Å². The van der Waals surface area contributed by atoms with E-state index in [4.69, 9.17) is 15.2 Å². The molecule has 1 aromatic carbocycles. The number of hydrogen-bond donors (Lipinski definition) is 1. The van der Waals surface area contributed by atoms with Gasteiger partial charge in [-0.1, -0.05) is 6.07 Å². The molecule has 1 aromatic heterocycles. The Balaban J connectivity index is 2.35. The quantitative estimate of drug-likeness (QED) is 0.898. The molecule has 1 heterocycles. The molecule has 0 spiro atoms. The highest BCUT2D eigenvalue weighted by Crippen LogP contribution is 2.30. The molecule has 4 heteroatoms. The van der Waals surface area contributed by atoms with E-state index in [1.165, 1.54) is 0 Å². The molecule has 18 heavy (non-hydrogen) atoms. The van der Waals surface area contributed by atoms with Crippen LogP contribution < -0.4 is 15.2 Å². The summed E-state index contributed by atoms with van der Waals surface area (Å²) in [5, 5.41) is 0. The lowest BCUT2D eigenvalue weighted by molar-refractivity contribution is 0.407. The molecule has 94 valence electrons. The Bertz CT molecular complexity index is 541. The second-order valence-electron chi connectivity index (χ2n) is 3.87. The van der Waals surface area contributed by atoms with E-state index >= 15 is 0 Å². The van der Waals surface area contributed by atoms with Gasteiger partial charge in [0, 0.05) is 24.4 Å². The second kappa shape index (κ2) is 5.51. The van der Waals surface area contributed by atoms with Crippen molar-refractivity contribution in [1.29, 1.82) is 0 Å². The summed E-state index contributed by atoms with van der Waals surface area (Å²) >= 11 is 0. The Hall–Kier alpha value is -2.07. The van der Waals surface area contributed by atoms with Crippen LogP contribution in [0.3, 0.4) is 0 Å². The van der Waals surface area contributed by atoms with Gasteiger partial charge in [0.15, 0.2) is 0 Å². The number of rotatable bonds is 4. The van der Waals surface area contributed by atoms with Gasteiger partial charge in [-0.25, -0.2) is 0 Å². The van der Waals surface area contributed by atoms with Crippen LogP contribution in [0.5, 0.6) is 17.2 Å². The van der Waals surface area contributed by atoms with Gasteiger partial charge in [-0.2, -0.15) is 0 Å². The number of ether oxygens (including phenoxy) is 2. The molecule has 0 atom stereocenters. The topological polar surface area (TPSA) is 57.4 Å². The molecule has 2 rings (SSSR count). The summed E-state index contributed by atoms with van der Waals surface area (Å²) in [6.45, 7) is 2.32. The standard InChI is InChI=1S/C14H16N2O2/c1-10-13(4-3-7-16-10)18-14-8-12(17-2)6-5-11(14)9-15/h3-8H,9,15H2,1-2H3. The molecule has 0 saturated heterocycles. The highest BCUT2D eigenvalue weighted by molar-refractivity contribution is 5.43. The Morgan fingerprint density at radius 3 is 2.72 bits per heavy atom. The largest absolute Gasteiger partial charge is 0.497 e. The number of methoxy groups -OCH3 is 1. The molecule has 0 saturated carbocycles. The minimum Gasteiger partial charge on any atom is -0.497 e. The summed E-state index contributed by atoms with van der Waals surface area (Å²) in [6, 6.07) is 9.31. The summed E-state index contributed by atoms with van der Waals surface area (Å²) in [7, 11) is 1.62. The number of benzene rings is 1. The number of nitrogens with two attached hydrogens (primary N) is 1. The van der Waals surface area contributed by atoms with Gasteiger partial charge in [-0.3, -0.25) is 4.98 Å². The fourth-order valence-electron chi connectivity index (χ4n) is 1.62. The fraction of sp³-hybridized carbons (Fsp3) is 0.214. The zero-order chi connectivity index (χ0) is 13.0. The van der Waals surface area contributed by atoms with E-state index in [-0.39, 0.29) is 0 Å². The van der Waals surface area contributed by atoms with Crippen molar-refractivity contribution in [3.8, 4) is 17.2 Å². The summed E-state index contributed by atoms with van der Waals surface area (Å²) in [6.07, 6.45) is 1.73. The van der Waals surface area contributed by atoms with Gasteiger partial charge in [0.05, 0.1) is 12.8 Å². The maximum absolute atomic E-state index is 5.85. The van der Waals surface area contributed by atoms with Gasteiger partial charge >= 0.3 is 0 Å². The monoisotopic (exact) mass is 244 g/mol. The maximum atomic E-state index is 5.85. The Morgan fingerprint density at radius 2 is 2.06 bits per heavy atom.